The highest BCUT2D eigenvalue weighted by molar-refractivity contribution is 7.89. The molecule has 0 aliphatic carbocycles. The molecular formula is C20H16N2O4S. The molecule has 0 spiro atoms. The van der Waals surface area contributed by atoms with Crippen molar-refractivity contribution in [1.82, 2.24) is 4.31 Å². The van der Waals surface area contributed by atoms with Crippen molar-refractivity contribution in [1.29, 1.82) is 0 Å². The predicted octanol–water partition coefficient (Wildman–Crippen LogP) is 4.08. The Morgan fingerprint density at radius 1 is 0.741 bits per heavy atom. The minimum absolute atomic E-state index is 0.283. The summed E-state index contributed by atoms with van der Waals surface area (Å²) in [5.74, 6) is 0. The highest BCUT2D eigenvalue weighted by atomic mass is 32.2. The van der Waals surface area contributed by atoms with Crippen LogP contribution in [0.2, 0.25) is 0 Å². The van der Waals surface area contributed by atoms with Crippen LogP contribution in [-0.4, -0.2) is 17.6 Å². The molecule has 1 saturated heterocycles. The zero-order valence-corrected chi connectivity index (χ0v) is 15.0. The Morgan fingerprint density at radius 3 is 1.67 bits per heavy atom. The number of rotatable bonds is 5. The number of hydrogen-bond acceptors (Lipinski definition) is 4. The van der Waals surface area contributed by atoms with Gasteiger partial charge in [0.15, 0.2) is 4.90 Å². The van der Waals surface area contributed by atoms with Gasteiger partial charge in [0, 0.05) is 6.07 Å². The normalized spacial score (nSPS) is 21.6. The van der Waals surface area contributed by atoms with Crippen LogP contribution in [-0.2, 0) is 10.0 Å². The molecule has 1 fully saturated rings. The summed E-state index contributed by atoms with van der Waals surface area (Å²) in [7, 11) is -4.04. The number of hydrogen-bond donors (Lipinski definition) is 0. The molecule has 0 radical (unpaired) electrons. The topological polar surface area (TPSA) is 80.3 Å². The third-order valence-electron chi connectivity index (χ3n) is 4.66. The summed E-state index contributed by atoms with van der Waals surface area (Å²) in [5, 5.41) is 11.3. The Bertz CT molecular complexity index is 1040. The van der Waals surface area contributed by atoms with E-state index in [-0.39, 0.29) is 4.90 Å². The molecule has 136 valence electrons. The van der Waals surface area contributed by atoms with E-state index in [1.165, 1.54) is 28.6 Å². The molecule has 0 unspecified atom stereocenters. The molecule has 6 nitrogen and oxygen atoms in total. The van der Waals surface area contributed by atoms with E-state index in [1.807, 2.05) is 60.7 Å². The SMILES string of the molecule is O=[N+]([O-])c1ccccc1S(=O)(=O)N1[C@H](c2ccccc2)[C@H]1c1ccccc1. The van der Waals surface area contributed by atoms with Gasteiger partial charge in [-0.1, -0.05) is 72.8 Å². The molecule has 1 aliphatic rings. The number of benzene rings is 3. The average molecular weight is 380 g/mol. The lowest BCUT2D eigenvalue weighted by Crippen LogP contribution is -2.15. The van der Waals surface area contributed by atoms with Crippen molar-refractivity contribution in [3.05, 3.63) is 106 Å². The van der Waals surface area contributed by atoms with Crippen molar-refractivity contribution in [3.8, 4) is 0 Å². The van der Waals surface area contributed by atoms with Crippen LogP contribution in [0.25, 0.3) is 0 Å². The second-order valence-electron chi connectivity index (χ2n) is 6.27. The fourth-order valence-electron chi connectivity index (χ4n) is 3.41. The molecule has 1 aliphatic heterocycles. The Labute approximate surface area is 156 Å². The van der Waals surface area contributed by atoms with Gasteiger partial charge in [0.25, 0.3) is 15.7 Å². The second kappa shape index (κ2) is 6.61. The summed E-state index contributed by atoms with van der Waals surface area (Å²) in [4.78, 5) is 10.4. The zero-order chi connectivity index (χ0) is 19.0. The van der Waals surface area contributed by atoms with E-state index in [0.29, 0.717) is 0 Å². The van der Waals surface area contributed by atoms with E-state index >= 15 is 0 Å². The van der Waals surface area contributed by atoms with Crippen molar-refractivity contribution in [2.75, 3.05) is 0 Å². The van der Waals surface area contributed by atoms with Crippen LogP contribution in [0.3, 0.4) is 0 Å². The van der Waals surface area contributed by atoms with Gasteiger partial charge < -0.3 is 0 Å². The number of sulfonamides is 1. The molecule has 2 atom stereocenters. The van der Waals surface area contributed by atoms with Crippen LogP contribution in [0.4, 0.5) is 5.69 Å². The fraction of sp³-hybridized carbons (Fsp3) is 0.100. The summed E-state index contributed by atoms with van der Waals surface area (Å²) in [6.45, 7) is 0. The number of para-hydroxylation sites is 1. The first-order chi connectivity index (χ1) is 13.0. The monoisotopic (exact) mass is 380 g/mol. The molecule has 3 aromatic carbocycles. The predicted molar refractivity (Wildman–Crippen MR) is 100 cm³/mol. The minimum Gasteiger partial charge on any atom is -0.258 e. The average Bonchev–Trinajstić information content (AvgIpc) is 3.46. The van der Waals surface area contributed by atoms with E-state index in [4.69, 9.17) is 0 Å². The van der Waals surface area contributed by atoms with Crippen molar-refractivity contribution >= 4 is 15.7 Å². The van der Waals surface area contributed by atoms with Gasteiger partial charge in [0.05, 0.1) is 17.0 Å². The second-order valence-corrected chi connectivity index (χ2v) is 8.08. The molecule has 0 saturated carbocycles. The maximum Gasteiger partial charge on any atom is 0.289 e. The maximum absolute atomic E-state index is 13.3. The molecular weight excluding hydrogens is 364 g/mol. The molecule has 0 N–H and O–H groups in total. The highest BCUT2D eigenvalue weighted by Gasteiger charge is 2.57. The highest BCUT2D eigenvalue weighted by Crippen LogP contribution is 2.58. The van der Waals surface area contributed by atoms with Gasteiger partial charge in [0.1, 0.15) is 0 Å². The first-order valence-corrected chi connectivity index (χ1v) is 9.82. The van der Waals surface area contributed by atoms with Gasteiger partial charge in [-0.15, -0.1) is 0 Å². The first kappa shape index (κ1) is 17.4. The van der Waals surface area contributed by atoms with Crippen LogP contribution >= 0.6 is 0 Å². The van der Waals surface area contributed by atoms with Crippen LogP contribution < -0.4 is 0 Å². The molecule has 0 amide bonds. The number of nitro groups is 1. The molecule has 0 bridgehead atoms. The van der Waals surface area contributed by atoms with E-state index in [2.05, 4.69) is 0 Å². The number of nitro benzene ring substituents is 1. The van der Waals surface area contributed by atoms with E-state index in [0.717, 1.165) is 11.1 Å². The van der Waals surface area contributed by atoms with Crippen molar-refractivity contribution in [3.63, 3.8) is 0 Å². The number of nitrogens with zero attached hydrogens (tertiary/aromatic N) is 2. The quantitative estimate of drug-likeness (QED) is 0.379. The smallest absolute Gasteiger partial charge is 0.258 e. The van der Waals surface area contributed by atoms with Gasteiger partial charge in [-0.25, -0.2) is 8.42 Å². The Kier molecular flexibility index (Phi) is 4.25. The van der Waals surface area contributed by atoms with Gasteiger partial charge in [0.2, 0.25) is 0 Å². The lowest BCUT2D eigenvalue weighted by molar-refractivity contribution is -0.387. The molecule has 4 rings (SSSR count). The lowest BCUT2D eigenvalue weighted by atomic mass is 10.0. The van der Waals surface area contributed by atoms with Gasteiger partial charge >= 0.3 is 0 Å². The standard InChI is InChI=1S/C20H16N2O4S/c23-22(24)17-13-7-8-14-18(17)27(25,26)21-19(15-9-3-1-4-10-15)20(21)16-11-5-2-6-12-16/h1-14,19-20H/t19-,20-/m1/s1. The van der Waals surface area contributed by atoms with E-state index in [1.54, 1.807) is 0 Å². The summed E-state index contributed by atoms with van der Waals surface area (Å²) >= 11 is 0. The van der Waals surface area contributed by atoms with Gasteiger partial charge in [-0.05, 0) is 17.2 Å². The zero-order valence-electron chi connectivity index (χ0n) is 14.2. The Hall–Kier alpha value is -3.03. The molecule has 1 heterocycles. The maximum atomic E-state index is 13.3. The Morgan fingerprint density at radius 2 is 1.19 bits per heavy atom. The van der Waals surface area contributed by atoms with Crippen molar-refractivity contribution < 1.29 is 13.3 Å². The third kappa shape index (κ3) is 3.01. The molecule has 0 aromatic heterocycles. The van der Waals surface area contributed by atoms with E-state index < -0.39 is 32.7 Å². The van der Waals surface area contributed by atoms with Crippen molar-refractivity contribution in [2.45, 2.75) is 17.0 Å². The summed E-state index contributed by atoms with van der Waals surface area (Å²) < 4.78 is 28.0. The van der Waals surface area contributed by atoms with E-state index in [9.17, 15) is 18.5 Å². The van der Waals surface area contributed by atoms with Crippen LogP contribution in [0, 0.1) is 10.1 Å². The Balaban J connectivity index is 1.82. The first-order valence-electron chi connectivity index (χ1n) is 8.38. The van der Waals surface area contributed by atoms with Crippen LogP contribution in [0.5, 0.6) is 0 Å². The molecule has 3 aromatic rings. The van der Waals surface area contributed by atoms with Crippen LogP contribution in [0.15, 0.2) is 89.8 Å². The third-order valence-corrected chi connectivity index (χ3v) is 6.57. The van der Waals surface area contributed by atoms with Gasteiger partial charge in [-0.2, -0.15) is 4.31 Å². The molecule has 7 heteroatoms. The summed E-state index contributed by atoms with van der Waals surface area (Å²) in [6, 6.07) is 23.3. The van der Waals surface area contributed by atoms with Gasteiger partial charge in [-0.3, -0.25) is 10.1 Å². The van der Waals surface area contributed by atoms with Crippen LogP contribution in [0.1, 0.15) is 23.2 Å². The summed E-state index contributed by atoms with van der Waals surface area (Å²) in [5.41, 5.74) is 1.30. The molecule has 27 heavy (non-hydrogen) atoms. The minimum atomic E-state index is -4.04. The fourth-order valence-corrected chi connectivity index (χ4v) is 5.31. The lowest BCUT2D eigenvalue weighted by Gasteiger charge is -2.07. The summed E-state index contributed by atoms with van der Waals surface area (Å²) in [6.07, 6.45) is 0. The largest absolute Gasteiger partial charge is 0.289 e. The van der Waals surface area contributed by atoms with Crippen molar-refractivity contribution in [2.24, 2.45) is 0 Å².